The van der Waals surface area contributed by atoms with Gasteiger partial charge in [-0.25, -0.2) is 0 Å². The van der Waals surface area contributed by atoms with E-state index in [1.807, 2.05) is 60.7 Å². The predicted octanol–water partition coefficient (Wildman–Crippen LogP) is 3.40. The van der Waals surface area contributed by atoms with Crippen LogP contribution in [0.1, 0.15) is 5.56 Å². The van der Waals surface area contributed by atoms with Crippen LogP contribution in [0.25, 0.3) is 0 Å². The van der Waals surface area contributed by atoms with Gasteiger partial charge < -0.3 is 0 Å². The summed E-state index contributed by atoms with van der Waals surface area (Å²) in [6.07, 6.45) is 0. The second-order valence-corrected chi connectivity index (χ2v) is 9.51. The molecule has 0 radical (unpaired) electrons. The molecule has 0 bridgehead atoms. The Kier molecular flexibility index (Phi) is 3.91. The lowest BCUT2D eigenvalue weighted by Crippen LogP contribution is -2.34. The minimum Gasteiger partial charge on any atom is -0.124 e. The highest BCUT2D eigenvalue weighted by Gasteiger charge is 2.28. The number of hydrogen-bond donors (Lipinski definition) is 0. The van der Waals surface area contributed by atoms with Crippen molar-refractivity contribution in [1.29, 1.82) is 0 Å². The molecule has 0 aliphatic heterocycles. The minimum atomic E-state index is -2.68. The summed E-state index contributed by atoms with van der Waals surface area (Å²) < 4.78 is 0. The summed E-state index contributed by atoms with van der Waals surface area (Å²) in [5.74, 6) is 3.03. The van der Waals surface area contributed by atoms with Gasteiger partial charge in [0.2, 0.25) is 0 Å². The van der Waals surface area contributed by atoms with Crippen LogP contribution in [0.15, 0.2) is 60.7 Å². The maximum absolute atomic E-state index is 6.34. The lowest BCUT2D eigenvalue weighted by molar-refractivity contribution is 1.65. The zero-order chi connectivity index (χ0) is 12.1. The third-order valence-electron chi connectivity index (χ3n) is 2.27. The van der Waals surface area contributed by atoms with Crippen molar-refractivity contribution in [2.75, 3.05) is 0 Å². The molecule has 2 rings (SSSR count). The Labute approximate surface area is 112 Å². The lowest BCUT2D eigenvalue weighted by atomic mass is 10.2. The first-order valence-electron chi connectivity index (χ1n) is 5.20. The summed E-state index contributed by atoms with van der Waals surface area (Å²) in [6, 6.07) is 19.3. The first-order valence-corrected chi connectivity index (χ1v) is 9.22. The van der Waals surface area contributed by atoms with E-state index in [1.165, 1.54) is 0 Å². The van der Waals surface area contributed by atoms with Gasteiger partial charge in [0.1, 0.15) is 0 Å². The molecule has 2 aromatic carbocycles. The maximum atomic E-state index is 6.34. The fourth-order valence-electron chi connectivity index (χ4n) is 1.39. The average Bonchev–Trinajstić information content (AvgIpc) is 2.39. The molecule has 0 atom stereocenters. The molecule has 17 heavy (non-hydrogen) atoms. The molecule has 3 heteroatoms. The fraction of sp³-hybridized carbons (Fsp3) is 0. The molecule has 0 nitrogen and oxygen atoms in total. The summed E-state index contributed by atoms with van der Waals surface area (Å²) in [4.78, 5) is 0. The predicted molar refractivity (Wildman–Crippen MR) is 76.9 cm³/mol. The second kappa shape index (κ2) is 5.42. The van der Waals surface area contributed by atoms with Crippen LogP contribution in [0.2, 0.25) is 0 Å². The van der Waals surface area contributed by atoms with Crippen molar-refractivity contribution in [1.82, 2.24) is 0 Å². The highest BCUT2D eigenvalue weighted by Crippen LogP contribution is 2.13. The Hall–Kier alpha value is -1.20. The molecule has 0 aliphatic rings. The van der Waals surface area contributed by atoms with Crippen molar-refractivity contribution in [2.24, 2.45) is 0 Å². The highest BCUT2D eigenvalue weighted by molar-refractivity contribution is 7.54. The molecule has 0 fully saturated rings. The van der Waals surface area contributed by atoms with Crippen molar-refractivity contribution in [2.45, 2.75) is 0 Å². The Morgan fingerprint density at radius 3 is 1.88 bits per heavy atom. The van der Waals surface area contributed by atoms with Crippen LogP contribution in [0.4, 0.5) is 0 Å². The zero-order valence-corrected chi connectivity index (χ0v) is 11.5. The number of halogens is 2. The quantitative estimate of drug-likeness (QED) is 0.426. The summed E-state index contributed by atoms with van der Waals surface area (Å²) in [7, 11) is 0. The van der Waals surface area contributed by atoms with E-state index in [0.29, 0.717) is 0 Å². The van der Waals surface area contributed by atoms with E-state index in [-0.39, 0.29) is 0 Å². The summed E-state index contributed by atoms with van der Waals surface area (Å²) >= 11 is 12.7. The maximum Gasteiger partial charge on any atom is 0.356 e. The normalized spacial score (nSPS) is 10.5. The van der Waals surface area contributed by atoms with Crippen molar-refractivity contribution in [3.63, 3.8) is 0 Å². The SMILES string of the molecule is Cl[Si](Cl)(C#Cc1ccccc1)c1ccccc1. The van der Waals surface area contributed by atoms with Gasteiger partial charge in [-0.05, 0) is 17.3 Å². The number of hydrogen-bond acceptors (Lipinski definition) is 0. The average molecular weight is 277 g/mol. The molecule has 0 unspecified atom stereocenters. The van der Waals surface area contributed by atoms with Gasteiger partial charge in [-0.1, -0.05) is 60.0 Å². The molecule has 0 saturated heterocycles. The van der Waals surface area contributed by atoms with E-state index in [1.54, 1.807) is 0 Å². The first-order chi connectivity index (χ1) is 8.18. The molecule has 2 aromatic rings. The van der Waals surface area contributed by atoms with Gasteiger partial charge in [-0.2, -0.15) is 0 Å². The minimum absolute atomic E-state index is 0.923. The summed E-state index contributed by atoms with van der Waals surface area (Å²) in [5.41, 5.74) is 3.94. The smallest absolute Gasteiger partial charge is 0.124 e. The van der Waals surface area contributed by atoms with E-state index >= 15 is 0 Å². The van der Waals surface area contributed by atoms with Gasteiger partial charge in [-0.3, -0.25) is 0 Å². The molecule has 0 saturated carbocycles. The van der Waals surface area contributed by atoms with Gasteiger partial charge in [0, 0.05) is 5.56 Å². The molecule has 84 valence electrons. The van der Waals surface area contributed by atoms with Gasteiger partial charge in [0.15, 0.2) is 0 Å². The van der Waals surface area contributed by atoms with Crippen LogP contribution in [-0.4, -0.2) is 6.69 Å². The first kappa shape index (κ1) is 12.3. The summed E-state index contributed by atoms with van der Waals surface area (Å²) in [6.45, 7) is -2.68. The van der Waals surface area contributed by atoms with E-state index in [4.69, 9.17) is 22.2 Å². The van der Waals surface area contributed by atoms with E-state index in [2.05, 4.69) is 11.5 Å². The Morgan fingerprint density at radius 2 is 1.29 bits per heavy atom. The number of rotatable bonds is 1. The van der Waals surface area contributed by atoms with Crippen LogP contribution >= 0.6 is 22.2 Å². The van der Waals surface area contributed by atoms with Crippen molar-refractivity contribution in [3.8, 4) is 11.5 Å². The highest BCUT2D eigenvalue weighted by atomic mass is 35.7. The standard InChI is InChI=1S/C14H10Cl2Si/c15-17(16,14-9-5-2-6-10-14)12-11-13-7-3-1-4-8-13/h1-10H. The Morgan fingerprint density at radius 1 is 0.765 bits per heavy atom. The molecular weight excluding hydrogens is 267 g/mol. The van der Waals surface area contributed by atoms with Crippen LogP contribution in [-0.2, 0) is 0 Å². The molecule has 0 aromatic heterocycles. The van der Waals surface area contributed by atoms with Crippen molar-refractivity contribution in [3.05, 3.63) is 66.2 Å². The Bertz CT molecular complexity index is 539. The van der Waals surface area contributed by atoms with Gasteiger partial charge in [0.05, 0.1) is 0 Å². The molecule has 0 spiro atoms. The molecule has 0 aliphatic carbocycles. The number of benzene rings is 2. The fourth-order valence-corrected chi connectivity index (χ4v) is 3.49. The third-order valence-corrected chi connectivity index (χ3v) is 5.65. The molecule has 0 heterocycles. The Balaban J connectivity index is 2.27. The topological polar surface area (TPSA) is 0 Å². The summed E-state index contributed by atoms with van der Waals surface area (Å²) in [5, 5.41) is 0.923. The van der Waals surface area contributed by atoms with Crippen LogP contribution < -0.4 is 5.19 Å². The van der Waals surface area contributed by atoms with Crippen LogP contribution in [0, 0.1) is 11.5 Å². The largest absolute Gasteiger partial charge is 0.356 e. The molecule has 0 N–H and O–H groups in total. The second-order valence-electron chi connectivity index (χ2n) is 3.56. The molecule has 0 amide bonds. The van der Waals surface area contributed by atoms with Gasteiger partial charge in [-0.15, -0.1) is 22.2 Å². The monoisotopic (exact) mass is 276 g/mol. The van der Waals surface area contributed by atoms with Gasteiger partial charge >= 0.3 is 6.69 Å². The van der Waals surface area contributed by atoms with E-state index in [9.17, 15) is 0 Å². The van der Waals surface area contributed by atoms with Crippen molar-refractivity contribution >= 4 is 34.0 Å². The zero-order valence-electron chi connectivity index (χ0n) is 9.03. The molecular formula is C14H10Cl2Si. The third kappa shape index (κ3) is 3.37. The van der Waals surface area contributed by atoms with Crippen LogP contribution in [0.5, 0.6) is 0 Å². The van der Waals surface area contributed by atoms with E-state index < -0.39 is 6.69 Å². The van der Waals surface area contributed by atoms with E-state index in [0.717, 1.165) is 10.8 Å². The lowest BCUT2D eigenvalue weighted by Gasteiger charge is -2.08. The van der Waals surface area contributed by atoms with Crippen LogP contribution in [0.3, 0.4) is 0 Å². The van der Waals surface area contributed by atoms with Gasteiger partial charge in [0.25, 0.3) is 0 Å². The van der Waals surface area contributed by atoms with Crippen molar-refractivity contribution < 1.29 is 0 Å².